The lowest BCUT2D eigenvalue weighted by atomic mass is 9.93. The minimum absolute atomic E-state index is 0.168. The molecule has 0 N–H and O–H groups in total. The first-order valence-corrected chi connectivity index (χ1v) is 5.84. The third kappa shape index (κ3) is 2.53. The molecular formula is C15H11F5. The van der Waals surface area contributed by atoms with Crippen molar-refractivity contribution in [3.63, 3.8) is 0 Å². The second kappa shape index (κ2) is 4.89. The van der Waals surface area contributed by atoms with Gasteiger partial charge >= 0.3 is 6.18 Å². The lowest BCUT2D eigenvalue weighted by molar-refractivity contribution is -0.137. The Morgan fingerprint density at radius 1 is 0.850 bits per heavy atom. The van der Waals surface area contributed by atoms with Gasteiger partial charge in [-0.25, -0.2) is 8.78 Å². The van der Waals surface area contributed by atoms with Crippen LogP contribution in [0, 0.1) is 25.5 Å². The van der Waals surface area contributed by atoms with E-state index >= 15 is 0 Å². The van der Waals surface area contributed by atoms with Crippen molar-refractivity contribution in [1.82, 2.24) is 0 Å². The molecule has 0 saturated carbocycles. The van der Waals surface area contributed by atoms with Crippen LogP contribution < -0.4 is 0 Å². The van der Waals surface area contributed by atoms with Crippen molar-refractivity contribution in [3.05, 3.63) is 58.7 Å². The third-order valence-corrected chi connectivity index (χ3v) is 3.01. The van der Waals surface area contributed by atoms with E-state index in [-0.39, 0.29) is 5.56 Å². The second-order valence-corrected chi connectivity index (χ2v) is 4.60. The monoisotopic (exact) mass is 286 g/mol. The minimum Gasteiger partial charge on any atom is -0.206 e. The minimum atomic E-state index is -4.68. The van der Waals surface area contributed by atoms with Crippen molar-refractivity contribution in [2.45, 2.75) is 20.0 Å². The quantitative estimate of drug-likeness (QED) is 0.627. The molecular weight excluding hydrogens is 275 g/mol. The summed E-state index contributed by atoms with van der Waals surface area (Å²) < 4.78 is 66.9. The maximum Gasteiger partial charge on any atom is 0.417 e. The van der Waals surface area contributed by atoms with E-state index in [0.29, 0.717) is 5.56 Å². The summed E-state index contributed by atoms with van der Waals surface area (Å²) in [5.41, 5.74) is -1.65. The molecule has 0 unspecified atom stereocenters. The number of alkyl halides is 3. The highest BCUT2D eigenvalue weighted by atomic mass is 19.4. The first-order valence-electron chi connectivity index (χ1n) is 5.84. The van der Waals surface area contributed by atoms with Crippen LogP contribution in [0.1, 0.15) is 16.7 Å². The molecule has 0 aliphatic carbocycles. The molecule has 0 radical (unpaired) electrons. The van der Waals surface area contributed by atoms with Crippen LogP contribution in [0.5, 0.6) is 0 Å². The van der Waals surface area contributed by atoms with E-state index in [1.54, 1.807) is 0 Å². The summed E-state index contributed by atoms with van der Waals surface area (Å²) in [4.78, 5) is 0. The summed E-state index contributed by atoms with van der Waals surface area (Å²) in [7, 11) is 0. The van der Waals surface area contributed by atoms with Gasteiger partial charge in [0, 0.05) is 5.56 Å². The van der Waals surface area contributed by atoms with E-state index in [1.165, 1.54) is 26.0 Å². The second-order valence-electron chi connectivity index (χ2n) is 4.60. The predicted octanol–water partition coefficient (Wildman–Crippen LogP) is 5.27. The fourth-order valence-corrected chi connectivity index (χ4v) is 2.17. The Morgan fingerprint density at radius 3 is 1.90 bits per heavy atom. The van der Waals surface area contributed by atoms with Gasteiger partial charge in [-0.15, -0.1) is 0 Å². The van der Waals surface area contributed by atoms with Gasteiger partial charge in [-0.2, -0.15) is 13.2 Å². The Morgan fingerprint density at radius 2 is 1.40 bits per heavy atom. The number of hydrogen-bond donors (Lipinski definition) is 0. The Labute approximate surface area is 112 Å². The number of halogens is 5. The fourth-order valence-electron chi connectivity index (χ4n) is 2.17. The van der Waals surface area contributed by atoms with Crippen molar-refractivity contribution >= 4 is 0 Å². The summed E-state index contributed by atoms with van der Waals surface area (Å²) in [6, 6.07) is 5.46. The summed E-state index contributed by atoms with van der Waals surface area (Å²) in [5, 5.41) is 0. The largest absolute Gasteiger partial charge is 0.417 e. The first-order chi connectivity index (χ1) is 9.21. The lowest BCUT2D eigenvalue weighted by Crippen LogP contribution is -2.09. The standard InChI is InChI=1S/C15H11F5/c1-8-6-11(16)14(12(17)7-8)13-9(2)4-3-5-10(13)15(18,19)20/h3-7H,1-2H3. The molecule has 2 aromatic carbocycles. The zero-order chi connectivity index (χ0) is 15.1. The molecule has 0 nitrogen and oxygen atoms in total. The highest BCUT2D eigenvalue weighted by molar-refractivity contribution is 5.73. The van der Waals surface area contributed by atoms with Crippen LogP contribution in [0.25, 0.3) is 11.1 Å². The zero-order valence-corrected chi connectivity index (χ0v) is 10.8. The van der Waals surface area contributed by atoms with Crippen LogP contribution in [0.3, 0.4) is 0 Å². The van der Waals surface area contributed by atoms with Crippen molar-refractivity contribution in [2.24, 2.45) is 0 Å². The van der Waals surface area contributed by atoms with Crippen molar-refractivity contribution in [2.75, 3.05) is 0 Å². The highest BCUT2D eigenvalue weighted by Gasteiger charge is 2.35. The molecule has 0 heterocycles. The average Bonchev–Trinajstić information content (AvgIpc) is 2.28. The van der Waals surface area contributed by atoms with Crippen LogP contribution >= 0.6 is 0 Å². The smallest absolute Gasteiger partial charge is 0.206 e. The van der Waals surface area contributed by atoms with Crippen LogP contribution in [-0.4, -0.2) is 0 Å². The molecule has 0 bridgehead atoms. The van der Waals surface area contributed by atoms with Crippen LogP contribution in [-0.2, 0) is 6.18 Å². The molecule has 2 aromatic rings. The third-order valence-electron chi connectivity index (χ3n) is 3.01. The number of benzene rings is 2. The van der Waals surface area contributed by atoms with E-state index < -0.39 is 34.5 Å². The van der Waals surface area contributed by atoms with E-state index in [4.69, 9.17) is 0 Å². The van der Waals surface area contributed by atoms with Crippen molar-refractivity contribution in [1.29, 1.82) is 0 Å². The molecule has 0 amide bonds. The van der Waals surface area contributed by atoms with Crippen LogP contribution in [0.2, 0.25) is 0 Å². The summed E-state index contributed by atoms with van der Waals surface area (Å²) in [5.74, 6) is -2.00. The normalized spacial score (nSPS) is 11.8. The molecule has 0 aromatic heterocycles. The molecule has 106 valence electrons. The summed E-state index contributed by atoms with van der Waals surface area (Å²) in [6.07, 6.45) is -4.68. The first kappa shape index (κ1) is 14.5. The molecule has 0 aliphatic rings. The van der Waals surface area contributed by atoms with Gasteiger partial charge < -0.3 is 0 Å². The SMILES string of the molecule is Cc1cc(F)c(-c2c(C)cccc2C(F)(F)F)c(F)c1. The molecule has 0 spiro atoms. The molecule has 5 heteroatoms. The van der Waals surface area contributed by atoms with Gasteiger partial charge in [0.25, 0.3) is 0 Å². The van der Waals surface area contributed by atoms with E-state index in [9.17, 15) is 22.0 Å². The molecule has 0 saturated heterocycles. The van der Waals surface area contributed by atoms with E-state index in [2.05, 4.69) is 0 Å². The maximum absolute atomic E-state index is 13.9. The van der Waals surface area contributed by atoms with Crippen molar-refractivity contribution in [3.8, 4) is 11.1 Å². The van der Waals surface area contributed by atoms with Gasteiger partial charge in [0.2, 0.25) is 0 Å². The molecule has 0 aliphatic heterocycles. The van der Waals surface area contributed by atoms with E-state index in [1.807, 2.05) is 0 Å². The fraction of sp³-hybridized carbons (Fsp3) is 0.200. The number of aryl methyl sites for hydroxylation is 2. The summed E-state index contributed by atoms with van der Waals surface area (Å²) in [6.45, 7) is 2.86. The highest BCUT2D eigenvalue weighted by Crippen LogP contribution is 2.40. The lowest BCUT2D eigenvalue weighted by Gasteiger charge is -2.16. The molecule has 20 heavy (non-hydrogen) atoms. The van der Waals surface area contributed by atoms with E-state index in [0.717, 1.165) is 18.2 Å². The van der Waals surface area contributed by atoms with Gasteiger partial charge in [-0.3, -0.25) is 0 Å². The zero-order valence-electron chi connectivity index (χ0n) is 10.8. The van der Waals surface area contributed by atoms with Crippen LogP contribution in [0.4, 0.5) is 22.0 Å². The van der Waals surface area contributed by atoms with Gasteiger partial charge in [0.15, 0.2) is 0 Å². The average molecular weight is 286 g/mol. The van der Waals surface area contributed by atoms with Gasteiger partial charge in [0.05, 0.1) is 11.1 Å². The van der Waals surface area contributed by atoms with Crippen LogP contribution in [0.15, 0.2) is 30.3 Å². The Bertz CT molecular complexity index is 633. The topological polar surface area (TPSA) is 0 Å². The summed E-state index contributed by atoms with van der Waals surface area (Å²) >= 11 is 0. The Kier molecular flexibility index (Phi) is 3.54. The van der Waals surface area contributed by atoms with Gasteiger partial charge in [-0.1, -0.05) is 12.1 Å². The maximum atomic E-state index is 13.9. The number of rotatable bonds is 1. The van der Waals surface area contributed by atoms with Gasteiger partial charge in [-0.05, 0) is 43.2 Å². The van der Waals surface area contributed by atoms with Gasteiger partial charge in [0.1, 0.15) is 11.6 Å². The molecule has 0 fully saturated rings. The Balaban J connectivity index is 2.83. The molecule has 0 atom stereocenters. The van der Waals surface area contributed by atoms with Crippen molar-refractivity contribution < 1.29 is 22.0 Å². The predicted molar refractivity (Wildman–Crippen MR) is 66.3 cm³/mol. The molecule has 2 rings (SSSR count). The Hall–Kier alpha value is -1.91. The number of hydrogen-bond acceptors (Lipinski definition) is 0.